The van der Waals surface area contributed by atoms with Crippen LogP contribution in [0.5, 0.6) is 0 Å². The Morgan fingerprint density at radius 3 is 2.50 bits per heavy atom. The number of fused-ring (bicyclic) bond motifs is 1. The first-order valence-electron chi connectivity index (χ1n) is 5.44. The number of carbonyl (C=O) groups excluding carboxylic acids is 1. The van der Waals surface area contributed by atoms with Gasteiger partial charge < -0.3 is 10.0 Å². The van der Waals surface area contributed by atoms with Gasteiger partial charge in [0, 0.05) is 16.7 Å². The zero-order valence-electron chi connectivity index (χ0n) is 10.1. The van der Waals surface area contributed by atoms with Gasteiger partial charge in [0.2, 0.25) is 0 Å². The maximum Gasteiger partial charge on any atom is 0.257 e. The lowest BCUT2D eigenvalue weighted by molar-refractivity contribution is -0.0228. The topological polar surface area (TPSA) is 40.5 Å². The van der Waals surface area contributed by atoms with E-state index in [4.69, 9.17) is 0 Å². The number of benzene rings is 1. The molecule has 1 atom stereocenters. The number of hydrogen-bond acceptors (Lipinski definition) is 2. The molecule has 1 unspecified atom stereocenters. The van der Waals surface area contributed by atoms with Crippen molar-refractivity contribution >= 4 is 5.91 Å². The smallest absolute Gasteiger partial charge is 0.257 e. The zero-order valence-corrected chi connectivity index (χ0v) is 10.1. The third-order valence-corrected chi connectivity index (χ3v) is 2.90. The van der Waals surface area contributed by atoms with E-state index in [9.17, 15) is 9.90 Å². The fourth-order valence-electron chi connectivity index (χ4n) is 2.14. The summed E-state index contributed by atoms with van der Waals surface area (Å²) >= 11 is 0. The lowest BCUT2D eigenvalue weighted by Crippen LogP contribution is -2.43. The first-order chi connectivity index (χ1) is 7.32. The minimum absolute atomic E-state index is 0.0880. The Hall–Kier alpha value is -1.35. The van der Waals surface area contributed by atoms with E-state index in [1.54, 1.807) is 6.07 Å². The van der Waals surface area contributed by atoms with Crippen LogP contribution < -0.4 is 0 Å². The molecule has 0 aromatic heterocycles. The summed E-state index contributed by atoms with van der Waals surface area (Å²) in [5, 5.41) is 10.2. The molecule has 1 amide bonds. The van der Waals surface area contributed by atoms with Crippen LogP contribution in [0.4, 0.5) is 0 Å². The molecule has 1 aromatic rings. The van der Waals surface area contributed by atoms with Crippen LogP contribution in [0.15, 0.2) is 18.2 Å². The van der Waals surface area contributed by atoms with E-state index in [0.29, 0.717) is 5.56 Å². The lowest BCUT2D eigenvalue weighted by atomic mass is 10.1. The van der Waals surface area contributed by atoms with Gasteiger partial charge in [0.1, 0.15) is 0 Å². The van der Waals surface area contributed by atoms with E-state index in [1.807, 2.05) is 39.8 Å². The van der Waals surface area contributed by atoms with Crippen LogP contribution in [0.25, 0.3) is 0 Å². The number of amides is 1. The van der Waals surface area contributed by atoms with Gasteiger partial charge in [-0.1, -0.05) is 17.7 Å². The minimum atomic E-state index is -0.817. The second-order valence-electron chi connectivity index (χ2n) is 5.31. The number of rotatable bonds is 0. The van der Waals surface area contributed by atoms with Crippen molar-refractivity contribution in [2.75, 3.05) is 0 Å². The van der Waals surface area contributed by atoms with Crippen LogP contribution in [0.2, 0.25) is 0 Å². The molecule has 3 heteroatoms. The van der Waals surface area contributed by atoms with Gasteiger partial charge in [0.25, 0.3) is 5.91 Å². The van der Waals surface area contributed by atoms with E-state index < -0.39 is 6.23 Å². The van der Waals surface area contributed by atoms with Crippen LogP contribution in [0, 0.1) is 6.92 Å². The molecule has 0 saturated carbocycles. The van der Waals surface area contributed by atoms with Gasteiger partial charge >= 0.3 is 0 Å². The molecule has 0 fully saturated rings. The number of aliphatic hydroxyl groups excluding tert-OH is 1. The summed E-state index contributed by atoms with van der Waals surface area (Å²) in [4.78, 5) is 13.7. The van der Waals surface area contributed by atoms with Gasteiger partial charge in [0.15, 0.2) is 6.23 Å². The van der Waals surface area contributed by atoms with Gasteiger partial charge in [-0.15, -0.1) is 0 Å². The summed E-state index contributed by atoms with van der Waals surface area (Å²) in [6, 6.07) is 5.57. The Morgan fingerprint density at radius 2 is 1.94 bits per heavy atom. The highest BCUT2D eigenvalue weighted by atomic mass is 16.3. The Balaban J connectivity index is 2.53. The fourth-order valence-corrected chi connectivity index (χ4v) is 2.14. The van der Waals surface area contributed by atoms with Crippen molar-refractivity contribution in [3.8, 4) is 0 Å². The molecule has 3 nitrogen and oxygen atoms in total. The average molecular weight is 219 g/mol. The van der Waals surface area contributed by atoms with E-state index in [-0.39, 0.29) is 11.4 Å². The molecule has 0 bridgehead atoms. The first kappa shape index (κ1) is 11.1. The van der Waals surface area contributed by atoms with Crippen LogP contribution in [-0.4, -0.2) is 21.5 Å². The predicted molar refractivity (Wildman–Crippen MR) is 62.1 cm³/mol. The molecule has 1 aliphatic heterocycles. The number of hydrogen-bond donors (Lipinski definition) is 1. The van der Waals surface area contributed by atoms with Crippen molar-refractivity contribution in [3.05, 3.63) is 34.9 Å². The fraction of sp³-hybridized carbons (Fsp3) is 0.462. The van der Waals surface area contributed by atoms with E-state index >= 15 is 0 Å². The number of aliphatic hydroxyl groups is 1. The number of aryl methyl sites for hydroxylation is 1. The molecular formula is C13H17NO2. The van der Waals surface area contributed by atoms with E-state index in [1.165, 1.54) is 4.90 Å². The highest BCUT2D eigenvalue weighted by Gasteiger charge is 2.41. The molecule has 16 heavy (non-hydrogen) atoms. The van der Waals surface area contributed by atoms with Crippen LogP contribution >= 0.6 is 0 Å². The van der Waals surface area contributed by atoms with Crippen LogP contribution in [-0.2, 0) is 0 Å². The Bertz CT molecular complexity index is 446. The van der Waals surface area contributed by atoms with E-state index in [0.717, 1.165) is 11.1 Å². The quantitative estimate of drug-likeness (QED) is 0.727. The summed E-state index contributed by atoms with van der Waals surface area (Å²) in [5.74, 6) is -0.0880. The second kappa shape index (κ2) is 3.32. The Morgan fingerprint density at radius 1 is 1.31 bits per heavy atom. The Kier molecular flexibility index (Phi) is 2.31. The molecule has 1 aliphatic rings. The van der Waals surface area contributed by atoms with Gasteiger partial charge in [-0.25, -0.2) is 0 Å². The van der Waals surface area contributed by atoms with E-state index in [2.05, 4.69) is 0 Å². The maximum absolute atomic E-state index is 12.1. The van der Waals surface area contributed by atoms with Gasteiger partial charge in [-0.2, -0.15) is 0 Å². The standard InChI is InChI=1S/C13H17NO2/c1-8-5-6-9-10(7-8)12(16)14(11(9)15)13(2,3)4/h5-7,12,16H,1-4H3. The molecule has 1 aromatic carbocycles. The molecule has 0 spiro atoms. The SMILES string of the molecule is Cc1ccc2c(c1)C(O)N(C(C)(C)C)C2=O. The van der Waals surface area contributed by atoms with Crippen molar-refractivity contribution in [2.45, 2.75) is 39.5 Å². The van der Waals surface area contributed by atoms with Crippen molar-refractivity contribution in [1.82, 2.24) is 4.90 Å². The highest BCUT2D eigenvalue weighted by molar-refractivity contribution is 5.99. The third-order valence-electron chi connectivity index (χ3n) is 2.90. The van der Waals surface area contributed by atoms with Crippen molar-refractivity contribution in [2.24, 2.45) is 0 Å². The van der Waals surface area contributed by atoms with Crippen LogP contribution in [0.1, 0.15) is 48.5 Å². The highest BCUT2D eigenvalue weighted by Crippen LogP contribution is 2.37. The molecule has 0 aliphatic carbocycles. The number of carbonyl (C=O) groups is 1. The normalized spacial score (nSPS) is 20.2. The Labute approximate surface area is 95.7 Å². The van der Waals surface area contributed by atoms with Gasteiger partial charge in [-0.3, -0.25) is 4.79 Å². The maximum atomic E-state index is 12.1. The summed E-state index contributed by atoms with van der Waals surface area (Å²) in [6.07, 6.45) is -0.817. The number of nitrogens with zero attached hydrogens (tertiary/aromatic N) is 1. The zero-order chi connectivity index (χ0) is 12.1. The summed E-state index contributed by atoms with van der Waals surface area (Å²) in [6.45, 7) is 7.73. The molecule has 0 saturated heterocycles. The lowest BCUT2D eigenvalue weighted by Gasteiger charge is -2.34. The average Bonchev–Trinajstić information content (AvgIpc) is 2.38. The summed E-state index contributed by atoms with van der Waals surface area (Å²) in [7, 11) is 0. The summed E-state index contributed by atoms with van der Waals surface area (Å²) in [5.41, 5.74) is 2.03. The van der Waals surface area contributed by atoms with Crippen molar-refractivity contribution < 1.29 is 9.90 Å². The second-order valence-corrected chi connectivity index (χ2v) is 5.31. The van der Waals surface area contributed by atoms with Crippen molar-refractivity contribution in [3.63, 3.8) is 0 Å². The van der Waals surface area contributed by atoms with Crippen molar-refractivity contribution in [1.29, 1.82) is 0 Å². The first-order valence-corrected chi connectivity index (χ1v) is 5.44. The molecular weight excluding hydrogens is 202 g/mol. The molecule has 0 radical (unpaired) electrons. The minimum Gasteiger partial charge on any atom is -0.369 e. The van der Waals surface area contributed by atoms with Gasteiger partial charge in [0.05, 0.1) is 0 Å². The predicted octanol–water partition coefficient (Wildman–Crippen LogP) is 2.24. The van der Waals surface area contributed by atoms with Crippen LogP contribution in [0.3, 0.4) is 0 Å². The molecule has 2 rings (SSSR count). The molecule has 1 N–H and O–H groups in total. The largest absolute Gasteiger partial charge is 0.369 e. The monoisotopic (exact) mass is 219 g/mol. The molecule has 1 heterocycles. The summed E-state index contributed by atoms with van der Waals surface area (Å²) < 4.78 is 0. The van der Waals surface area contributed by atoms with Gasteiger partial charge in [-0.05, 0) is 33.8 Å². The third kappa shape index (κ3) is 1.52. The molecule has 86 valence electrons.